The third kappa shape index (κ3) is 2.70. The normalized spacial score (nSPS) is 21.1. The topological polar surface area (TPSA) is 109 Å². The second-order valence-electron chi connectivity index (χ2n) is 2.78. The number of primary amides is 1. The molecule has 78 valence electrons. The molecule has 0 saturated heterocycles. The lowest BCUT2D eigenvalue weighted by molar-refractivity contribution is -0.121. The highest BCUT2D eigenvalue weighted by Crippen LogP contribution is 1.92. The van der Waals surface area contributed by atoms with Crippen molar-refractivity contribution >= 4 is 17.9 Å². The van der Waals surface area contributed by atoms with Gasteiger partial charge in [0.1, 0.15) is 6.04 Å². The van der Waals surface area contributed by atoms with E-state index in [1.165, 1.54) is 0 Å². The largest absolute Gasteiger partial charge is 0.351 e. The number of aliphatic imine (C=N–C) groups is 1. The first-order valence-electron chi connectivity index (χ1n) is 4.28. The summed E-state index contributed by atoms with van der Waals surface area (Å²) in [5, 5.41) is 7.57. The molecule has 5 N–H and O–H groups in total. The predicted molar refractivity (Wildman–Crippen MR) is 50.6 cm³/mol. The van der Waals surface area contributed by atoms with E-state index < -0.39 is 6.03 Å². The number of nitrogens with one attached hydrogen (secondary N) is 3. The van der Waals surface area contributed by atoms with Gasteiger partial charge in [0.25, 0.3) is 0 Å². The van der Waals surface area contributed by atoms with Crippen molar-refractivity contribution in [3.8, 4) is 0 Å². The van der Waals surface area contributed by atoms with Gasteiger partial charge in [-0.15, -0.1) is 0 Å². The smallest absolute Gasteiger partial charge is 0.318 e. The van der Waals surface area contributed by atoms with Crippen molar-refractivity contribution in [3.63, 3.8) is 0 Å². The highest BCUT2D eigenvalue weighted by molar-refractivity contribution is 6.06. The summed E-state index contributed by atoms with van der Waals surface area (Å²) in [4.78, 5) is 25.7. The fourth-order valence-electron chi connectivity index (χ4n) is 1.10. The molecule has 0 spiro atoms. The van der Waals surface area contributed by atoms with E-state index in [1.54, 1.807) is 0 Å². The van der Waals surface area contributed by atoms with E-state index in [0.717, 1.165) is 0 Å². The molecule has 0 unspecified atom stereocenters. The van der Waals surface area contributed by atoms with Gasteiger partial charge < -0.3 is 11.1 Å². The maximum atomic E-state index is 11.3. The number of carbonyl (C=O) groups excluding carboxylic acids is 2. The summed E-state index contributed by atoms with van der Waals surface area (Å²) >= 11 is 0. The molecule has 0 aromatic rings. The van der Waals surface area contributed by atoms with E-state index in [0.29, 0.717) is 13.1 Å². The van der Waals surface area contributed by atoms with Crippen LogP contribution in [0.15, 0.2) is 4.99 Å². The van der Waals surface area contributed by atoms with E-state index in [4.69, 9.17) is 5.73 Å². The van der Waals surface area contributed by atoms with E-state index in [1.807, 2.05) is 6.92 Å². The van der Waals surface area contributed by atoms with Crippen molar-refractivity contribution in [2.24, 2.45) is 10.7 Å². The van der Waals surface area contributed by atoms with Gasteiger partial charge in [-0.25, -0.2) is 4.79 Å². The highest BCUT2D eigenvalue weighted by Gasteiger charge is 2.23. The molecule has 0 fully saturated rings. The molecule has 14 heavy (non-hydrogen) atoms. The Kier molecular flexibility index (Phi) is 3.41. The van der Waals surface area contributed by atoms with Crippen molar-refractivity contribution in [3.05, 3.63) is 0 Å². The van der Waals surface area contributed by atoms with E-state index in [9.17, 15) is 9.59 Å². The van der Waals surface area contributed by atoms with Gasteiger partial charge in [0.2, 0.25) is 11.9 Å². The standard InChI is InChI=1S/C7H13N5O2/c1-2-9-4-3-10-7(11-5(4)13)12-6(8)14/h4,9H,2-3H2,1H3,(H4,8,10,11,12,13,14)/t4-/m1/s1. The fourth-order valence-corrected chi connectivity index (χ4v) is 1.10. The average Bonchev–Trinajstić information content (AvgIpc) is 2.09. The molecular formula is C7H13N5O2. The molecule has 0 aromatic heterocycles. The molecule has 0 saturated carbocycles. The number of nitrogens with two attached hydrogens (primary N) is 1. The van der Waals surface area contributed by atoms with Gasteiger partial charge >= 0.3 is 6.03 Å². The Morgan fingerprint density at radius 1 is 1.79 bits per heavy atom. The van der Waals surface area contributed by atoms with Gasteiger partial charge in [-0.1, -0.05) is 6.92 Å². The number of nitrogens with zero attached hydrogens (tertiary/aromatic N) is 1. The quantitative estimate of drug-likeness (QED) is 0.418. The zero-order chi connectivity index (χ0) is 10.6. The molecule has 1 rings (SSSR count). The van der Waals surface area contributed by atoms with Crippen LogP contribution in [0.1, 0.15) is 6.92 Å². The lowest BCUT2D eigenvalue weighted by Gasteiger charge is -2.21. The number of amides is 3. The monoisotopic (exact) mass is 199 g/mol. The average molecular weight is 199 g/mol. The van der Waals surface area contributed by atoms with Crippen molar-refractivity contribution in [2.45, 2.75) is 13.0 Å². The molecule has 3 amide bonds. The Morgan fingerprint density at radius 3 is 3.00 bits per heavy atom. The first-order valence-corrected chi connectivity index (χ1v) is 4.28. The number of likely N-dealkylation sites (N-methyl/N-ethyl adjacent to an activating group) is 1. The van der Waals surface area contributed by atoms with Crippen molar-refractivity contribution in [1.29, 1.82) is 0 Å². The van der Waals surface area contributed by atoms with Gasteiger partial charge in [0, 0.05) is 0 Å². The van der Waals surface area contributed by atoms with Gasteiger partial charge in [-0.2, -0.15) is 0 Å². The van der Waals surface area contributed by atoms with Crippen LogP contribution in [0.2, 0.25) is 0 Å². The van der Waals surface area contributed by atoms with Crippen LogP contribution in [-0.4, -0.2) is 37.0 Å². The second kappa shape index (κ2) is 4.56. The van der Waals surface area contributed by atoms with Crippen LogP contribution >= 0.6 is 0 Å². The molecule has 7 heteroatoms. The molecule has 1 heterocycles. The molecule has 1 atom stereocenters. The Labute approximate surface area is 81.1 Å². The van der Waals surface area contributed by atoms with Crippen LogP contribution in [-0.2, 0) is 4.79 Å². The SMILES string of the molecule is CCN[C@@H]1CN=C(NC(N)=O)NC1=O. The van der Waals surface area contributed by atoms with Crippen LogP contribution < -0.4 is 21.7 Å². The van der Waals surface area contributed by atoms with Crippen molar-refractivity contribution in [2.75, 3.05) is 13.1 Å². The molecule has 1 aliphatic heterocycles. The van der Waals surface area contributed by atoms with Crippen molar-refractivity contribution in [1.82, 2.24) is 16.0 Å². The molecule has 0 radical (unpaired) electrons. The first-order chi connectivity index (χ1) is 6.63. The van der Waals surface area contributed by atoms with Gasteiger partial charge in [0.15, 0.2) is 0 Å². The number of rotatable bonds is 2. The third-order valence-electron chi connectivity index (χ3n) is 1.68. The van der Waals surface area contributed by atoms with Crippen LogP contribution in [0, 0.1) is 0 Å². The summed E-state index contributed by atoms with van der Waals surface area (Å²) in [5.41, 5.74) is 4.86. The minimum Gasteiger partial charge on any atom is -0.351 e. The lowest BCUT2D eigenvalue weighted by atomic mass is 10.2. The summed E-state index contributed by atoms with van der Waals surface area (Å²) in [6.07, 6.45) is 0. The molecule has 0 bridgehead atoms. The van der Waals surface area contributed by atoms with E-state index >= 15 is 0 Å². The minimum absolute atomic E-state index is 0.108. The molecular weight excluding hydrogens is 186 g/mol. The van der Waals surface area contributed by atoms with Gasteiger partial charge in [-0.3, -0.25) is 20.4 Å². The van der Waals surface area contributed by atoms with Crippen LogP contribution in [0.3, 0.4) is 0 Å². The molecule has 0 aromatic carbocycles. The second-order valence-corrected chi connectivity index (χ2v) is 2.78. The molecule has 0 aliphatic carbocycles. The predicted octanol–water partition coefficient (Wildman–Crippen LogP) is -1.88. The number of hydrogen-bond acceptors (Lipinski definition) is 4. The van der Waals surface area contributed by atoms with Crippen molar-refractivity contribution < 1.29 is 9.59 Å². The maximum Gasteiger partial charge on any atom is 0.318 e. The summed E-state index contributed by atoms with van der Waals surface area (Å²) in [6, 6.07) is -1.08. The Balaban J connectivity index is 2.53. The first kappa shape index (κ1) is 10.5. The Bertz CT molecular complexity index is 275. The zero-order valence-corrected chi connectivity index (χ0v) is 7.83. The highest BCUT2D eigenvalue weighted by atomic mass is 16.2. The summed E-state index contributed by atoms with van der Waals surface area (Å²) < 4.78 is 0. The summed E-state index contributed by atoms with van der Waals surface area (Å²) in [6.45, 7) is 2.88. The van der Waals surface area contributed by atoms with Crippen LogP contribution in [0.5, 0.6) is 0 Å². The Morgan fingerprint density at radius 2 is 2.50 bits per heavy atom. The molecule has 1 aliphatic rings. The van der Waals surface area contributed by atoms with E-state index in [-0.39, 0.29) is 17.9 Å². The van der Waals surface area contributed by atoms with Gasteiger partial charge in [-0.05, 0) is 6.54 Å². The van der Waals surface area contributed by atoms with Crippen LogP contribution in [0.25, 0.3) is 0 Å². The summed E-state index contributed by atoms with van der Waals surface area (Å²) in [7, 11) is 0. The number of urea groups is 1. The zero-order valence-electron chi connectivity index (χ0n) is 7.83. The maximum absolute atomic E-state index is 11.3. The third-order valence-corrected chi connectivity index (χ3v) is 1.68. The number of guanidine groups is 1. The van der Waals surface area contributed by atoms with Crippen LogP contribution in [0.4, 0.5) is 4.79 Å². The number of hydrogen-bond donors (Lipinski definition) is 4. The fraction of sp³-hybridized carbons (Fsp3) is 0.571. The van der Waals surface area contributed by atoms with Gasteiger partial charge in [0.05, 0.1) is 6.54 Å². The molecule has 7 nitrogen and oxygen atoms in total. The minimum atomic E-state index is -0.744. The lowest BCUT2D eigenvalue weighted by Crippen LogP contribution is -2.56. The van der Waals surface area contributed by atoms with E-state index in [2.05, 4.69) is 20.9 Å². The summed E-state index contributed by atoms with van der Waals surface area (Å²) in [5.74, 6) is -0.109. The number of carbonyl (C=O) groups is 2. The Hall–Kier alpha value is -1.63.